The van der Waals surface area contributed by atoms with Crippen molar-refractivity contribution < 1.29 is 35.9 Å². The van der Waals surface area contributed by atoms with E-state index in [-0.39, 0.29) is 22.9 Å². The minimum absolute atomic E-state index is 0.00261. The summed E-state index contributed by atoms with van der Waals surface area (Å²) in [6, 6.07) is 6.56. The first kappa shape index (κ1) is 31.9. The summed E-state index contributed by atoms with van der Waals surface area (Å²) in [5, 5.41) is 20.7. The van der Waals surface area contributed by atoms with Crippen molar-refractivity contribution >= 4 is 46.7 Å². The first-order chi connectivity index (χ1) is 20.2. The predicted molar refractivity (Wildman–Crippen MR) is 146 cm³/mol. The molecule has 10 nitrogen and oxygen atoms in total. The van der Waals surface area contributed by atoms with Crippen LogP contribution in [0.2, 0.25) is 0 Å². The summed E-state index contributed by atoms with van der Waals surface area (Å²) in [4.78, 5) is 24.6. The second kappa shape index (κ2) is 12.7. The zero-order chi connectivity index (χ0) is 31.4. The largest absolute Gasteiger partial charge is 0.411 e. The van der Waals surface area contributed by atoms with Gasteiger partial charge >= 0.3 is 12.4 Å². The number of halogens is 6. The van der Waals surface area contributed by atoms with Crippen LogP contribution < -0.4 is 10.6 Å². The van der Waals surface area contributed by atoms with Crippen LogP contribution in [0, 0.1) is 0 Å². The maximum absolute atomic E-state index is 14.5. The number of nitrogens with zero attached hydrogens (tertiary/aromatic N) is 6. The van der Waals surface area contributed by atoms with E-state index in [9.17, 15) is 35.9 Å². The van der Waals surface area contributed by atoms with Gasteiger partial charge in [-0.25, -0.2) is 0 Å². The minimum atomic E-state index is -5.81. The van der Waals surface area contributed by atoms with Gasteiger partial charge in [-0.15, -0.1) is 20.4 Å². The fraction of sp³-hybridized carbons (Fsp3) is 0.280. The Morgan fingerprint density at radius 1 is 0.674 bits per heavy atom. The molecule has 2 amide bonds. The molecule has 18 heteroatoms. The van der Waals surface area contributed by atoms with Gasteiger partial charge in [-0.1, -0.05) is 47.8 Å². The van der Waals surface area contributed by atoms with Crippen molar-refractivity contribution in [3.8, 4) is 0 Å². The molecule has 0 aliphatic rings. The maximum Gasteiger partial charge on any atom is 0.411 e. The van der Waals surface area contributed by atoms with Crippen molar-refractivity contribution in [2.75, 3.05) is 22.1 Å². The van der Waals surface area contributed by atoms with Gasteiger partial charge in [0, 0.05) is 25.5 Å². The number of anilines is 2. The summed E-state index contributed by atoms with van der Waals surface area (Å²) >= 11 is 2.09. The number of benzene rings is 2. The van der Waals surface area contributed by atoms with Gasteiger partial charge in [-0.2, -0.15) is 26.3 Å². The molecule has 0 aliphatic carbocycles. The lowest BCUT2D eigenvalue weighted by atomic mass is 9.73. The van der Waals surface area contributed by atoms with Gasteiger partial charge in [0.15, 0.2) is 10.3 Å². The minimum Gasteiger partial charge on any atom is -0.325 e. The molecular formula is C25H22F6N8O2S2. The Kier molecular flexibility index (Phi) is 9.38. The Morgan fingerprint density at radius 3 is 1.30 bits per heavy atom. The molecule has 0 saturated carbocycles. The summed E-state index contributed by atoms with van der Waals surface area (Å²) < 4.78 is 90.2. The van der Waals surface area contributed by atoms with E-state index in [1.165, 1.54) is 12.7 Å². The normalized spacial score (nSPS) is 12.3. The molecule has 0 fully saturated rings. The number of alkyl halides is 6. The lowest BCUT2D eigenvalue weighted by molar-refractivity contribution is -0.288. The number of aryl methyl sites for hydroxylation is 2. The fourth-order valence-corrected chi connectivity index (χ4v) is 5.43. The number of carbonyl (C=O) groups is 2. The van der Waals surface area contributed by atoms with Crippen LogP contribution in [0.5, 0.6) is 0 Å². The standard InChI is InChI=1S/C25H22F6N8O2S2/c1-38-13-32-36-21(38)42-11-19(40)34-17-7-3-15(4-8-17)23(24(26,27)28,25(29,30)31)16-5-9-18(10-6-16)35-20(41)12-43-22-37-33-14-39(22)2/h3-10,13-14H,11-12H2,1-2H3,(H,34,40)(H,35,41). The number of aromatic nitrogens is 6. The Balaban J connectivity index is 1.53. The molecule has 2 heterocycles. The van der Waals surface area contributed by atoms with Crippen molar-refractivity contribution in [1.82, 2.24) is 29.5 Å². The quantitative estimate of drug-likeness (QED) is 0.187. The fourth-order valence-electron chi connectivity index (χ4n) is 4.05. The molecule has 0 unspecified atom stereocenters. The topological polar surface area (TPSA) is 120 Å². The van der Waals surface area contributed by atoms with Gasteiger partial charge in [-0.05, 0) is 35.4 Å². The van der Waals surface area contributed by atoms with E-state index in [1.54, 1.807) is 23.2 Å². The number of nitrogens with one attached hydrogen (secondary N) is 2. The number of amides is 2. The molecule has 0 aliphatic heterocycles. The monoisotopic (exact) mass is 644 g/mol. The summed E-state index contributed by atoms with van der Waals surface area (Å²) in [5.41, 5.74) is -6.59. The number of carbonyl (C=O) groups excluding carboxylic acids is 2. The van der Waals surface area contributed by atoms with Crippen molar-refractivity contribution in [1.29, 1.82) is 0 Å². The van der Waals surface area contributed by atoms with Gasteiger partial charge in [0.05, 0.1) is 11.5 Å². The Morgan fingerprint density at radius 2 is 1.02 bits per heavy atom. The molecule has 2 aromatic carbocycles. The average Bonchev–Trinajstić information content (AvgIpc) is 3.54. The van der Waals surface area contributed by atoms with Crippen molar-refractivity contribution in [3.05, 3.63) is 72.3 Å². The van der Waals surface area contributed by atoms with Crippen LogP contribution >= 0.6 is 23.5 Å². The molecular weight excluding hydrogens is 622 g/mol. The van der Waals surface area contributed by atoms with Crippen LogP contribution in [-0.4, -0.2) is 65.2 Å². The molecule has 0 radical (unpaired) electrons. The molecule has 2 aromatic heterocycles. The van der Waals surface area contributed by atoms with E-state index in [1.807, 2.05) is 0 Å². The van der Waals surface area contributed by atoms with Crippen LogP contribution in [0.15, 0.2) is 71.5 Å². The van der Waals surface area contributed by atoms with E-state index in [2.05, 4.69) is 31.0 Å². The molecule has 4 rings (SSSR count). The molecule has 0 saturated heterocycles. The molecule has 0 spiro atoms. The van der Waals surface area contributed by atoms with E-state index in [0.717, 1.165) is 47.8 Å². The Hall–Kier alpha value is -4.06. The highest BCUT2D eigenvalue weighted by Crippen LogP contribution is 2.56. The highest BCUT2D eigenvalue weighted by atomic mass is 32.2. The van der Waals surface area contributed by atoms with Gasteiger partial charge in [0.2, 0.25) is 17.2 Å². The second-order valence-corrected chi connectivity index (χ2v) is 10.9. The molecule has 0 bridgehead atoms. The lowest BCUT2D eigenvalue weighted by Gasteiger charge is -2.38. The first-order valence-corrected chi connectivity index (χ1v) is 14.1. The lowest BCUT2D eigenvalue weighted by Crippen LogP contribution is -2.54. The zero-order valence-electron chi connectivity index (χ0n) is 22.3. The third-order valence-electron chi connectivity index (χ3n) is 6.06. The second-order valence-electron chi connectivity index (χ2n) is 9.02. The number of hydrogen-bond acceptors (Lipinski definition) is 8. The van der Waals surface area contributed by atoms with E-state index in [4.69, 9.17) is 0 Å². The van der Waals surface area contributed by atoms with Crippen LogP contribution in [0.1, 0.15) is 11.1 Å². The first-order valence-electron chi connectivity index (χ1n) is 12.1. The highest BCUT2D eigenvalue weighted by Gasteiger charge is 2.72. The van der Waals surface area contributed by atoms with Crippen LogP contribution in [0.25, 0.3) is 0 Å². The van der Waals surface area contributed by atoms with Crippen molar-refractivity contribution in [2.45, 2.75) is 28.1 Å². The van der Waals surface area contributed by atoms with E-state index in [0.29, 0.717) is 34.6 Å². The van der Waals surface area contributed by atoms with Crippen LogP contribution in [-0.2, 0) is 29.1 Å². The molecule has 43 heavy (non-hydrogen) atoms. The Labute approximate surface area is 248 Å². The molecule has 228 valence electrons. The van der Waals surface area contributed by atoms with Gasteiger partial charge < -0.3 is 19.8 Å². The van der Waals surface area contributed by atoms with Gasteiger partial charge in [0.1, 0.15) is 12.7 Å². The number of hydrogen-bond donors (Lipinski definition) is 2. The third kappa shape index (κ3) is 6.96. The zero-order valence-corrected chi connectivity index (χ0v) is 23.9. The van der Waals surface area contributed by atoms with E-state index < -0.39 is 40.7 Å². The Bertz CT molecular complexity index is 1450. The van der Waals surface area contributed by atoms with Crippen LogP contribution in [0.3, 0.4) is 0 Å². The summed E-state index contributed by atoms with van der Waals surface area (Å²) in [6.07, 6.45) is -8.75. The summed E-state index contributed by atoms with van der Waals surface area (Å²) in [7, 11) is 3.33. The third-order valence-corrected chi connectivity index (χ3v) is 8.13. The van der Waals surface area contributed by atoms with Gasteiger partial charge in [0.25, 0.3) is 0 Å². The molecule has 0 atom stereocenters. The smallest absolute Gasteiger partial charge is 0.325 e. The van der Waals surface area contributed by atoms with Crippen molar-refractivity contribution in [2.24, 2.45) is 14.1 Å². The number of thioether (sulfide) groups is 2. The maximum atomic E-state index is 14.5. The predicted octanol–water partition coefficient (Wildman–Crippen LogP) is 4.82. The molecule has 4 aromatic rings. The highest BCUT2D eigenvalue weighted by molar-refractivity contribution is 8.00. The molecule has 2 N–H and O–H groups in total. The van der Waals surface area contributed by atoms with Gasteiger partial charge in [-0.3, -0.25) is 9.59 Å². The van der Waals surface area contributed by atoms with Crippen LogP contribution in [0.4, 0.5) is 37.7 Å². The summed E-state index contributed by atoms with van der Waals surface area (Å²) in [6.45, 7) is 0. The average molecular weight is 645 g/mol. The number of rotatable bonds is 10. The summed E-state index contributed by atoms with van der Waals surface area (Å²) in [5.74, 6) is -1.34. The van der Waals surface area contributed by atoms with E-state index >= 15 is 0 Å². The van der Waals surface area contributed by atoms with Crippen molar-refractivity contribution in [3.63, 3.8) is 0 Å². The SMILES string of the molecule is Cn1cnnc1SCC(=O)Nc1ccc(C(c2ccc(NC(=O)CSc3nncn3C)cc2)(C(F)(F)F)C(F)(F)F)cc1.